The summed E-state index contributed by atoms with van der Waals surface area (Å²) < 4.78 is 1.95. The molecule has 0 radical (unpaired) electrons. The van der Waals surface area contributed by atoms with Crippen molar-refractivity contribution in [3.8, 4) is 0 Å². The number of likely N-dealkylation sites (tertiary alicyclic amines) is 1. The SMILES string of the molecule is CCn1c(NC(=O)c2ccc(NC(=O)CC3SC(N4CCCC4)=NC3=O)cc2)nc2ccccc21. The molecule has 1 atom stereocenters. The highest BCUT2D eigenvalue weighted by Crippen LogP contribution is 2.29. The number of rotatable bonds is 6. The van der Waals surface area contributed by atoms with Crippen LogP contribution in [0.2, 0.25) is 0 Å². The first-order valence-corrected chi connectivity index (χ1v) is 12.6. The summed E-state index contributed by atoms with van der Waals surface area (Å²) in [6, 6.07) is 14.4. The molecule has 2 aliphatic heterocycles. The molecule has 180 valence electrons. The molecule has 3 aromatic rings. The number of hydrogen-bond donors (Lipinski definition) is 2. The van der Waals surface area contributed by atoms with Gasteiger partial charge in [-0.3, -0.25) is 19.7 Å². The Kier molecular flexibility index (Phi) is 6.54. The number of thioether (sulfide) groups is 1. The van der Waals surface area contributed by atoms with Crippen molar-refractivity contribution in [3.05, 3.63) is 54.1 Å². The second-order valence-corrected chi connectivity index (χ2v) is 9.66. The van der Waals surface area contributed by atoms with E-state index in [1.807, 2.05) is 35.8 Å². The van der Waals surface area contributed by atoms with Crippen LogP contribution in [0.5, 0.6) is 0 Å². The molecule has 0 aliphatic carbocycles. The second-order valence-electron chi connectivity index (χ2n) is 8.49. The van der Waals surface area contributed by atoms with E-state index in [2.05, 4.69) is 25.5 Å². The molecule has 3 amide bonds. The van der Waals surface area contributed by atoms with Crippen molar-refractivity contribution >= 4 is 57.3 Å². The van der Waals surface area contributed by atoms with Crippen LogP contribution in [0.15, 0.2) is 53.5 Å². The summed E-state index contributed by atoms with van der Waals surface area (Å²) in [6.45, 7) is 4.50. The van der Waals surface area contributed by atoms with Gasteiger partial charge in [0.15, 0.2) is 5.17 Å². The highest BCUT2D eigenvalue weighted by Gasteiger charge is 2.33. The summed E-state index contributed by atoms with van der Waals surface area (Å²) in [6.07, 6.45) is 2.26. The van der Waals surface area contributed by atoms with Crippen LogP contribution in [0.1, 0.15) is 36.5 Å². The van der Waals surface area contributed by atoms with Crippen LogP contribution < -0.4 is 10.6 Å². The number of hydrogen-bond acceptors (Lipinski definition) is 6. The summed E-state index contributed by atoms with van der Waals surface area (Å²) in [4.78, 5) is 48.3. The van der Waals surface area contributed by atoms with Crippen molar-refractivity contribution in [1.82, 2.24) is 14.5 Å². The fourth-order valence-electron chi connectivity index (χ4n) is 4.30. The van der Waals surface area contributed by atoms with E-state index >= 15 is 0 Å². The number of aromatic nitrogens is 2. The Morgan fingerprint density at radius 2 is 1.80 bits per heavy atom. The summed E-state index contributed by atoms with van der Waals surface area (Å²) in [5.41, 5.74) is 2.78. The van der Waals surface area contributed by atoms with Crippen molar-refractivity contribution in [3.63, 3.8) is 0 Å². The Labute approximate surface area is 207 Å². The van der Waals surface area contributed by atoms with Crippen molar-refractivity contribution in [2.24, 2.45) is 4.99 Å². The number of nitrogens with zero attached hydrogens (tertiary/aromatic N) is 4. The molecule has 0 bridgehead atoms. The standard InChI is InChI=1S/C25H26N6O3S/c1-2-31-19-8-4-3-7-18(19)27-24(31)28-22(33)16-9-11-17(12-10-16)26-21(32)15-20-23(34)29-25(35-20)30-13-5-6-14-30/h3-4,7-12,20H,2,5-6,13-15H2,1H3,(H,26,32)(H,27,28,33). The zero-order chi connectivity index (χ0) is 24.4. The topological polar surface area (TPSA) is 109 Å². The Balaban J connectivity index is 1.17. The molecule has 35 heavy (non-hydrogen) atoms. The third-order valence-corrected chi connectivity index (χ3v) is 7.32. The monoisotopic (exact) mass is 490 g/mol. The molecule has 2 N–H and O–H groups in total. The summed E-state index contributed by atoms with van der Waals surface area (Å²) in [5.74, 6) is -0.308. The number of nitrogens with one attached hydrogen (secondary N) is 2. The number of carbonyl (C=O) groups is 3. The highest BCUT2D eigenvalue weighted by atomic mass is 32.2. The predicted molar refractivity (Wildman–Crippen MR) is 138 cm³/mol. The predicted octanol–water partition coefficient (Wildman–Crippen LogP) is 3.73. The van der Waals surface area contributed by atoms with Gasteiger partial charge in [-0.25, -0.2) is 4.98 Å². The van der Waals surface area contributed by atoms with Gasteiger partial charge >= 0.3 is 0 Å². The van der Waals surface area contributed by atoms with Crippen LogP contribution in [0, 0.1) is 0 Å². The van der Waals surface area contributed by atoms with Crippen LogP contribution in [-0.2, 0) is 16.1 Å². The fourth-order valence-corrected chi connectivity index (χ4v) is 5.42. The lowest BCUT2D eigenvalue weighted by molar-refractivity contribution is -0.121. The van der Waals surface area contributed by atoms with Crippen molar-refractivity contribution in [1.29, 1.82) is 0 Å². The summed E-state index contributed by atoms with van der Waals surface area (Å²) in [7, 11) is 0. The normalized spacial score (nSPS) is 17.6. The molecule has 9 nitrogen and oxygen atoms in total. The van der Waals surface area contributed by atoms with Gasteiger partial charge in [0.1, 0.15) is 5.25 Å². The smallest absolute Gasteiger partial charge is 0.262 e. The highest BCUT2D eigenvalue weighted by molar-refractivity contribution is 8.15. The minimum atomic E-state index is -0.492. The number of amides is 3. The zero-order valence-corrected chi connectivity index (χ0v) is 20.2. The minimum absolute atomic E-state index is 0.0554. The largest absolute Gasteiger partial charge is 0.351 e. The number of fused-ring (bicyclic) bond motifs is 1. The third kappa shape index (κ3) is 4.93. The average molecular weight is 491 g/mol. The molecule has 2 aliphatic rings. The van der Waals surface area contributed by atoms with Gasteiger partial charge in [0.2, 0.25) is 11.9 Å². The number of para-hydroxylation sites is 2. The van der Waals surface area contributed by atoms with E-state index in [-0.39, 0.29) is 24.1 Å². The Bertz CT molecular complexity index is 1310. The van der Waals surface area contributed by atoms with Gasteiger partial charge in [0.25, 0.3) is 11.8 Å². The lowest BCUT2D eigenvalue weighted by Crippen LogP contribution is -2.25. The lowest BCUT2D eigenvalue weighted by Gasteiger charge is -2.16. The summed E-state index contributed by atoms with van der Waals surface area (Å²) >= 11 is 1.37. The third-order valence-electron chi connectivity index (χ3n) is 6.10. The molecule has 1 aromatic heterocycles. The van der Waals surface area contributed by atoms with E-state index in [0.717, 1.165) is 42.1 Å². The van der Waals surface area contributed by atoms with Gasteiger partial charge in [-0.05, 0) is 56.2 Å². The molecule has 2 aromatic carbocycles. The Morgan fingerprint density at radius 1 is 1.06 bits per heavy atom. The Hall–Kier alpha value is -3.66. The number of carbonyl (C=O) groups excluding carboxylic acids is 3. The van der Waals surface area contributed by atoms with Crippen LogP contribution in [0.25, 0.3) is 11.0 Å². The minimum Gasteiger partial charge on any atom is -0.351 e. The molecule has 0 saturated carbocycles. The molecule has 1 fully saturated rings. The number of amidine groups is 1. The summed E-state index contributed by atoms with van der Waals surface area (Å²) in [5, 5.41) is 5.93. The molecule has 5 rings (SSSR count). The van der Waals surface area contributed by atoms with Crippen LogP contribution >= 0.6 is 11.8 Å². The van der Waals surface area contributed by atoms with Crippen molar-refractivity contribution in [2.45, 2.75) is 38.0 Å². The first-order valence-electron chi connectivity index (χ1n) is 11.7. The first-order chi connectivity index (χ1) is 17.0. The maximum atomic E-state index is 12.8. The molecule has 1 unspecified atom stereocenters. The lowest BCUT2D eigenvalue weighted by atomic mass is 10.2. The Morgan fingerprint density at radius 3 is 2.54 bits per heavy atom. The fraction of sp³-hybridized carbons (Fsp3) is 0.320. The second kappa shape index (κ2) is 9.91. The van der Waals surface area contributed by atoms with Crippen LogP contribution in [-0.4, -0.2) is 55.7 Å². The zero-order valence-electron chi connectivity index (χ0n) is 19.4. The van der Waals surface area contributed by atoms with Crippen molar-refractivity contribution in [2.75, 3.05) is 23.7 Å². The maximum Gasteiger partial charge on any atom is 0.262 e. The van der Waals surface area contributed by atoms with Gasteiger partial charge in [-0.15, -0.1) is 0 Å². The van der Waals surface area contributed by atoms with Gasteiger partial charge in [-0.2, -0.15) is 4.99 Å². The van der Waals surface area contributed by atoms with Crippen molar-refractivity contribution < 1.29 is 14.4 Å². The van der Waals surface area contributed by atoms with Gasteiger partial charge in [-0.1, -0.05) is 23.9 Å². The number of imidazole rings is 1. The molecular weight excluding hydrogens is 464 g/mol. The van der Waals surface area contributed by atoms with Gasteiger partial charge in [0.05, 0.1) is 11.0 Å². The van der Waals surface area contributed by atoms with E-state index in [9.17, 15) is 14.4 Å². The molecule has 3 heterocycles. The maximum absolute atomic E-state index is 12.8. The van der Waals surface area contributed by atoms with Gasteiger partial charge in [0, 0.05) is 37.3 Å². The van der Waals surface area contributed by atoms with E-state index in [1.54, 1.807) is 24.3 Å². The van der Waals surface area contributed by atoms with E-state index < -0.39 is 5.25 Å². The first kappa shape index (κ1) is 23.1. The van der Waals surface area contributed by atoms with Crippen LogP contribution in [0.3, 0.4) is 0 Å². The molecule has 0 spiro atoms. The van der Waals surface area contributed by atoms with E-state index in [4.69, 9.17) is 0 Å². The molecule has 1 saturated heterocycles. The molecular formula is C25H26N6O3S. The number of anilines is 2. The number of benzene rings is 2. The van der Waals surface area contributed by atoms with E-state index in [0.29, 0.717) is 23.7 Å². The average Bonchev–Trinajstić information content (AvgIpc) is 3.58. The van der Waals surface area contributed by atoms with Gasteiger partial charge < -0.3 is 14.8 Å². The number of aryl methyl sites for hydroxylation is 1. The van der Waals surface area contributed by atoms with Crippen LogP contribution in [0.4, 0.5) is 11.6 Å². The number of aliphatic imine (C=N–C) groups is 1. The molecule has 10 heteroatoms. The van der Waals surface area contributed by atoms with E-state index in [1.165, 1.54) is 11.8 Å². The quantitative estimate of drug-likeness (QED) is 0.545.